The minimum Gasteiger partial charge on any atom is -0.368 e. The van der Waals surface area contributed by atoms with Crippen LogP contribution < -0.4 is 5.32 Å². The summed E-state index contributed by atoms with van der Waals surface area (Å²) in [6.07, 6.45) is 2.51. The summed E-state index contributed by atoms with van der Waals surface area (Å²) in [5, 5.41) is 13.5. The zero-order valence-corrected chi connectivity index (χ0v) is 22.3. The van der Waals surface area contributed by atoms with Crippen LogP contribution in [0, 0.1) is 25.2 Å². The highest BCUT2D eigenvalue weighted by Gasteiger charge is 2.33. The van der Waals surface area contributed by atoms with Gasteiger partial charge in [-0.15, -0.1) is 0 Å². The number of allylic oxidation sites excluding steroid dienone is 1. The summed E-state index contributed by atoms with van der Waals surface area (Å²) in [5.74, 6) is -0.178. The number of carbonyl (C=O) groups excluding carboxylic acids is 2. The Morgan fingerprint density at radius 2 is 1.95 bits per heavy atom. The summed E-state index contributed by atoms with van der Waals surface area (Å²) in [7, 11) is 0. The van der Waals surface area contributed by atoms with Gasteiger partial charge in [0.15, 0.2) is 0 Å². The van der Waals surface area contributed by atoms with Crippen LogP contribution in [0.1, 0.15) is 51.3 Å². The van der Waals surface area contributed by atoms with Crippen molar-refractivity contribution in [1.82, 2.24) is 19.7 Å². The summed E-state index contributed by atoms with van der Waals surface area (Å²) in [6, 6.07) is 14.1. The molecule has 1 saturated heterocycles. The highest BCUT2D eigenvalue weighted by Crippen LogP contribution is 2.35. The molecule has 3 heterocycles. The molecule has 2 aliphatic rings. The second-order valence-electron chi connectivity index (χ2n) is 10.3. The van der Waals surface area contributed by atoms with Gasteiger partial charge in [-0.25, -0.2) is 0 Å². The molecule has 5 rings (SSSR count). The Labute approximate surface area is 223 Å². The van der Waals surface area contributed by atoms with Gasteiger partial charge in [0.05, 0.1) is 34.8 Å². The molecule has 0 radical (unpaired) electrons. The first-order valence-electron chi connectivity index (χ1n) is 13.0. The van der Waals surface area contributed by atoms with Crippen LogP contribution in [0.2, 0.25) is 0 Å². The first-order chi connectivity index (χ1) is 18.2. The maximum atomic E-state index is 14.1. The summed E-state index contributed by atoms with van der Waals surface area (Å²) >= 11 is 0. The zero-order chi connectivity index (χ0) is 27.1. The molecule has 3 aromatic rings. The van der Waals surface area contributed by atoms with Crippen molar-refractivity contribution >= 4 is 22.7 Å². The van der Waals surface area contributed by atoms with E-state index in [1.165, 1.54) is 5.56 Å². The van der Waals surface area contributed by atoms with Crippen LogP contribution in [0.3, 0.4) is 0 Å². The van der Waals surface area contributed by atoms with Gasteiger partial charge in [-0.1, -0.05) is 37.4 Å². The number of benzene rings is 2. The number of aryl methyl sites for hydroxylation is 1. The lowest BCUT2D eigenvalue weighted by molar-refractivity contribution is -0.123. The van der Waals surface area contributed by atoms with Crippen LogP contribution in [0.25, 0.3) is 10.9 Å². The average molecular weight is 508 g/mol. The maximum Gasteiger partial charge on any atom is 0.256 e. The molecule has 0 bridgehead atoms. The van der Waals surface area contributed by atoms with Crippen molar-refractivity contribution in [3.63, 3.8) is 0 Å². The van der Waals surface area contributed by atoms with Crippen molar-refractivity contribution in [2.75, 3.05) is 19.6 Å². The van der Waals surface area contributed by atoms with Crippen molar-refractivity contribution in [3.05, 3.63) is 94.8 Å². The predicted octanol–water partition coefficient (Wildman–Crippen LogP) is 4.39. The van der Waals surface area contributed by atoms with Gasteiger partial charge in [0.25, 0.3) is 5.91 Å². The highest BCUT2D eigenvalue weighted by atomic mass is 16.2. The molecule has 38 heavy (non-hydrogen) atoms. The van der Waals surface area contributed by atoms with Crippen molar-refractivity contribution < 1.29 is 9.59 Å². The number of aromatic nitrogens is 1. The minimum absolute atomic E-state index is 0.0444. The quantitative estimate of drug-likeness (QED) is 0.502. The third-order valence-corrected chi connectivity index (χ3v) is 8.00. The van der Waals surface area contributed by atoms with Gasteiger partial charge in [0.2, 0.25) is 5.91 Å². The summed E-state index contributed by atoms with van der Waals surface area (Å²) in [6.45, 7) is 15.7. The number of hydrogen-bond acceptors (Lipinski definition) is 4. The van der Waals surface area contributed by atoms with E-state index in [1.807, 2.05) is 41.5 Å². The van der Waals surface area contributed by atoms with E-state index in [0.29, 0.717) is 30.8 Å². The van der Waals surface area contributed by atoms with E-state index < -0.39 is 0 Å². The molecule has 2 aliphatic heterocycles. The van der Waals surface area contributed by atoms with E-state index in [2.05, 4.69) is 48.5 Å². The topological polar surface area (TPSA) is 81.4 Å². The van der Waals surface area contributed by atoms with Gasteiger partial charge < -0.3 is 19.7 Å². The van der Waals surface area contributed by atoms with Gasteiger partial charge >= 0.3 is 0 Å². The van der Waals surface area contributed by atoms with Crippen molar-refractivity contribution in [2.24, 2.45) is 0 Å². The Balaban J connectivity index is 1.48. The van der Waals surface area contributed by atoms with Crippen LogP contribution in [0.4, 0.5) is 0 Å². The number of fused-ring (bicyclic) bond motifs is 2. The molecule has 2 amide bonds. The molecule has 0 saturated carbocycles. The highest BCUT2D eigenvalue weighted by molar-refractivity contribution is 6.10. The molecule has 1 N–H and O–H groups in total. The normalized spacial score (nSPS) is 16.9. The van der Waals surface area contributed by atoms with Gasteiger partial charge in [-0.2, -0.15) is 5.26 Å². The Morgan fingerprint density at radius 1 is 1.21 bits per heavy atom. The van der Waals surface area contributed by atoms with Crippen LogP contribution in [-0.4, -0.2) is 51.9 Å². The van der Waals surface area contributed by atoms with E-state index in [4.69, 9.17) is 0 Å². The summed E-state index contributed by atoms with van der Waals surface area (Å²) < 4.78 is 1.93. The van der Waals surface area contributed by atoms with Gasteiger partial charge in [0, 0.05) is 36.4 Å². The van der Waals surface area contributed by atoms with Gasteiger partial charge in [-0.3, -0.25) is 9.59 Å². The Bertz CT molecular complexity index is 1520. The van der Waals surface area contributed by atoms with E-state index in [9.17, 15) is 14.9 Å². The molecular formula is C31H33N5O2. The molecule has 1 aromatic heterocycles. The molecule has 0 aliphatic carbocycles. The molecule has 2 aromatic carbocycles. The second kappa shape index (κ2) is 9.86. The average Bonchev–Trinajstić information content (AvgIpc) is 3.16. The maximum absolute atomic E-state index is 14.1. The fraction of sp³-hybridized carbons (Fsp3) is 0.323. The zero-order valence-electron chi connectivity index (χ0n) is 22.3. The number of hydrogen-bond donors (Lipinski definition) is 1. The molecule has 1 fully saturated rings. The number of nitriles is 1. The third kappa shape index (κ3) is 4.26. The van der Waals surface area contributed by atoms with Crippen LogP contribution in [0.15, 0.2) is 61.3 Å². The largest absolute Gasteiger partial charge is 0.368 e. The molecule has 7 heteroatoms. The molecule has 194 valence electrons. The van der Waals surface area contributed by atoms with Crippen LogP contribution in [0.5, 0.6) is 0 Å². The number of nitrogens with zero attached hydrogens (tertiary/aromatic N) is 4. The lowest BCUT2D eigenvalue weighted by Crippen LogP contribution is -2.58. The fourth-order valence-corrected chi connectivity index (χ4v) is 5.90. The lowest BCUT2D eigenvalue weighted by atomic mass is 9.92. The number of carbonyl (C=O) groups is 2. The SMILES string of the molecule is C=CC(=C)N1CC(NC(=O)Cn2c(C)c(C(=O)N3CCc4ccccc4C3C)c3cc(C#N)cc(C)c32)C1. The number of nitrogens with one attached hydrogen (secondary N) is 1. The van der Waals surface area contributed by atoms with Gasteiger partial charge in [-0.05, 0) is 62.1 Å². The molecule has 7 nitrogen and oxygen atoms in total. The first kappa shape index (κ1) is 25.3. The van der Waals surface area contributed by atoms with E-state index in [0.717, 1.165) is 39.8 Å². The smallest absolute Gasteiger partial charge is 0.256 e. The monoisotopic (exact) mass is 507 g/mol. The third-order valence-electron chi connectivity index (χ3n) is 8.00. The summed E-state index contributed by atoms with van der Waals surface area (Å²) in [4.78, 5) is 31.2. The summed E-state index contributed by atoms with van der Waals surface area (Å²) in [5.41, 5.74) is 6.77. The molecule has 0 spiro atoms. The van der Waals surface area contributed by atoms with E-state index >= 15 is 0 Å². The van der Waals surface area contributed by atoms with Crippen LogP contribution >= 0.6 is 0 Å². The Morgan fingerprint density at radius 3 is 2.66 bits per heavy atom. The van der Waals surface area contributed by atoms with Gasteiger partial charge in [0.1, 0.15) is 6.54 Å². The van der Waals surface area contributed by atoms with Crippen molar-refractivity contribution in [1.29, 1.82) is 5.26 Å². The van der Waals surface area contributed by atoms with Crippen molar-refractivity contribution in [2.45, 2.75) is 45.8 Å². The number of amides is 2. The Hall–Kier alpha value is -4.31. The Kier molecular flexibility index (Phi) is 6.58. The minimum atomic E-state index is -0.109. The lowest BCUT2D eigenvalue weighted by Gasteiger charge is -2.41. The second-order valence-corrected chi connectivity index (χ2v) is 10.3. The number of likely N-dealkylation sites (tertiary alicyclic amines) is 1. The van der Waals surface area contributed by atoms with E-state index in [1.54, 1.807) is 12.1 Å². The fourth-order valence-electron chi connectivity index (χ4n) is 5.90. The molecular weight excluding hydrogens is 474 g/mol. The first-order valence-corrected chi connectivity index (χ1v) is 13.0. The predicted molar refractivity (Wildman–Crippen MR) is 149 cm³/mol. The molecule has 1 atom stereocenters. The van der Waals surface area contributed by atoms with Crippen LogP contribution in [-0.2, 0) is 17.8 Å². The number of rotatable bonds is 6. The molecule has 1 unspecified atom stereocenters. The van der Waals surface area contributed by atoms with E-state index in [-0.39, 0.29) is 30.4 Å². The van der Waals surface area contributed by atoms with Crippen molar-refractivity contribution in [3.8, 4) is 6.07 Å². The standard InChI is InChI=1S/C31H33N5O2/c1-6-20(3)34-16-25(17-34)33-28(37)18-36-22(5)29(27-14-23(15-32)13-19(2)30(27)36)31(38)35-12-11-24-9-7-8-10-26(24)21(35)4/h6-10,13-14,21,25H,1,3,11-12,16-18H2,2,4-5H3,(H,33,37).